The van der Waals surface area contributed by atoms with Gasteiger partial charge in [-0.05, 0) is 41.8 Å². The van der Waals surface area contributed by atoms with E-state index in [0.29, 0.717) is 11.1 Å². The summed E-state index contributed by atoms with van der Waals surface area (Å²) in [7, 11) is -3.36. The van der Waals surface area contributed by atoms with Crippen LogP contribution in [0.25, 0.3) is 5.57 Å². The Kier molecular flexibility index (Phi) is 4.24. The zero-order valence-corrected chi connectivity index (χ0v) is 13.8. The van der Waals surface area contributed by atoms with E-state index in [1.807, 2.05) is 0 Å². The molecule has 3 rings (SSSR count). The number of carbonyl (C=O) groups is 1. The molecule has 0 aromatic heterocycles. The van der Waals surface area contributed by atoms with Gasteiger partial charge >= 0.3 is 0 Å². The quantitative estimate of drug-likeness (QED) is 0.870. The predicted molar refractivity (Wildman–Crippen MR) is 89.4 cm³/mol. The first kappa shape index (κ1) is 16.4. The lowest BCUT2D eigenvalue weighted by atomic mass is 10.1. The van der Waals surface area contributed by atoms with E-state index in [1.165, 1.54) is 18.2 Å². The van der Waals surface area contributed by atoms with Crippen molar-refractivity contribution in [1.82, 2.24) is 5.32 Å². The summed E-state index contributed by atoms with van der Waals surface area (Å²) in [6, 6.07) is 11.9. The van der Waals surface area contributed by atoms with Crippen LogP contribution in [-0.2, 0) is 14.6 Å². The third kappa shape index (κ3) is 3.23. The summed E-state index contributed by atoms with van der Waals surface area (Å²) in [5.74, 6) is -0.862. The fourth-order valence-electron chi connectivity index (χ4n) is 2.78. The minimum atomic E-state index is -3.36. The maximum Gasteiger partial charge on any atom is 0.244 e. The Balaban J connectivity index is 1.79. The summed E-state index contributed by atoms with van der Waals surface area (Å²) in [5.41, 5.74) is 2.01. The number of fused-ring (bicyclic) bond motifs is 1. The van der Waals surface area contributed by atoms with Crippen LogP contribution in [0.1, 0.15) is 24.1 Å². The van der Waals surface area contributed by atoms with Crippen molar-refractivity contribution in [3.05, 3.63) is 71.6 Å². The molecule has 1 aliphatic rings. The number of benzene rings is 2. The SMILES string of the molecule is CC(=CC(=O)NC1CS(=O)(=O)c2ccccc21)c1ccc(F)cc1. The van der Waals surface area contributed by atoms with E-state index in [1.54, 1.807) is 43.3 Å². The fraction of sp³-hybridized carbons (Fsp3) is 0.167. The first-order valence-corrected chi connectivity index (χ1v) is 9.08. The molecule has 2 aromatic carbocycles. The number of nitrogens with one attached hydrogen (secondary N) is 1. The Morgan fingerprint density at radius 3 is 2.54 bits per heavy atom. The largest absolute Gasteiger partial charge is 0.345 e. The van der Waals surface area contributed by atoms with Crippen LogP contribution in [0, 0.1) is 5.82 Å². The van der Waals surface area contributed by atoms with Gasteiger partial charge in [0.25, 0.3) is 0 Å². The summed E-state index contributed by atoms with van der Waals surface area (Å²) >= 11 is 0. The summed E-state index contributed by atoms with van der Waals surface area (Å²) in [6.45, 7) is 1.74. The molecule has 4 nitrogen and oxygen atoms in total. The van der Waals surface area contributed by atoms with Crippen molar-refractivity contribution in [1.29, 1.82) is 0 Å². The number of carbonyl (C=O) groups excluding carboxylic acids is 1. The van der Waals surface area contributed by atoms with Crippen molar-refractivity contribution in [2.45, 2.75) is 17.9 Å². The van der Waals surface area contributed by atoms with Crippen LogP contribution in [0.15, 0.2) is 59.5 Å². The molecule has 0 spiro atoms. The molecule has 1 aliphatic heterocycles. The number of allylic oxidation sites excluding steroid dienone is 1. The van der Waals surface area contributed by atoms with Crippen LogP contribution in [0.5, 0.6) is 0 Å². The highest BCUT2D eigenvalue weighted by Gasteiger charge is 2.34. The molecule has 1 atom stereocenters. The number of hydrogen-bond acceptors (Lipinski definition) is 3. The van der Waals surface area contributed by atoms with E-state index < -0.39 is 15.9 Å². The van der Waals surface area contributed by atoms with E-state index in [2.05, 4.69) is 5.32 Å². The standard InChI is InChI=1S/C18H16FNO3S/c1-12(13-6-8-14(19)9-7-13)10-18(21)20-16-11-24(22,23)17-5-3-2-4-15(16)17/h2-10,16H,11H2,1H3,(H,20,21). The molecular formula is C18H16FNO3S. The normalized spacial score (nSPS) is 18.9. The first-order valence-electron chi connectivity index (χ1n) is 7.43. The zero-order valence-electron chi connectivity index (χ0n) is 13.0. The van der Waals surface area contributed by atoms with Gasteiger partial charge in [-0.3, -0.25) is 4.79 Å². The molecule has 0 bridgehead atoms. The van der Waals surface area contributed by atoms with E-state index in [4.69, 9.17) is 0 Å². The Labute approximate surface area is 139 Å². The van der Waals surface area contributed by atoms with Crippen molar-refractivity contribution >= 4 is 21.3 Å². The average molecular weight is 345 g/mol. The van der Waals surface area contributed by atoms with Gasteiger partial charge in [-0.25, -0.2) is 12.8 Å². The minimum Gasteiger partial charge on any atom is -0.345 e. The lowest BCUT2D eigenvalue weighted by molar-refractivity contribution is -0.117. The summed E-state index contributed by atoms with van der Waals surface area (Å²) in [6.07, 6.45) is 1.39. The van der Waals surface area contributed by atoms with Crippen molar-refractivity contribution in [2.24, 2.45) is 0 Å². The molecule has 1 heterocycles. The lowest BCUT2D eigenvalue weighted by Crippen LogP contribution is -2.28. The second-order valence-electron chi connectivity index (χ2n) is 5.71. The monoisotopic (exact) mass is 345 g/mol. The topological polar surface area (TPSA) is 63.2 Å². The van der Waals surface area contributed by atoms with Crippen molar-refractivity contribution in [2.75, 3.05) is 5.75 Å². The maximum atomic E-state index is 12.9. The van der Waals surface area contributed by atoms with E-state index in [9.17, 15) is 17.6 Å². The van der Waals surface area contributed by atoms with Gasteiger partial charge < -0.3 is 5.32 Å². The molecule has 1 amide bonds. The van der Waals surface area contributed by atoms with Gasteiger partial charge in [0.15, 0.2) is 9.84 Å². The highest BCUT2D eigenvalue weighted by molar-refractivity contribution is 7.91. The summed E-state index contributed by atoms with van der Waals surface area (Å²) in [5, 5.41) is 2.73. The third-order valence-electron chi connectivity index (χ3n) is 3.98. The number of sulfone groups is 1. The number of hydrogen-bond donors (Lipinski definition) is 1. The van der Waals surface area contributed by atoms with Crippen LogP contribution in [0.4, 0.5) is 4.39 Å². The highest BCUT2D eigenvalue weighted by Crippen LogP contribution is 2.32. The van der Waals surface area contributed by atoms with Crippen molar-refractivity contribution in [3.63, 3.8) is 0 Å². The molecule has 0 fully saturated rings. The van der Waals surface area contributed by atoms with E-state index >= 15 is 0 Å². The third-order valence-corrected chi connectivity index (χ3v) is 5.79. The molecule has 2 aromatic rings. The average Bonchev–Trinajstić information content (AvgIpc) is 2.79. The Morgan fingerprint density at radius 1 is 1.17 bits per heavy atom. The lowest BCUT2D eigenvalue weighted by Gasteiger charge is -2.11. The number of halogens is 1. The van der Waals surface area contributed by atoms with Gasteiger partial charge in [0.1, 0.15) is 5.82 Å². The first-order chi connectivity index (χ1) is 11.4. The molecule has 6 heteroatoms. The molecule has 1 N–H and O–H groups in total. The smallest absolute Gasteiger partial charge is 0.244 e. The summed E-state index contributed by atoms with van der Waals surface area (Å²) in [4.78, 5) is 12.5. The van der Waals surface area contributed by atoms with Crippen LogP contribution >= 0.6 is 0 Å². The van der Waals surface area contributed by atoms with Crippen LogP contribution < -0.4 is 5.32 Å². The van der Waals surface area contributed by atoms with Gasteiger partial charge in [-0.15, -0.1) is 0 Å². The Bertz CT molecular complexity index is 918. The van der Waals surface area contributed by atoms with Crippen LogP contribution in [0.2, 0.25) is 0 Å². The second-order valence-corrected chi connectivity index (χ2v) is 7.72. The molecular weight excluding hydrogens is 329 g/mol. The van der Waals surface area contributed by atoms with Crippen LogP contribution in [0.3, 0.4) is 0 Å². The van der Waals surface area contributed by atoms with Gasteiger partial charge in [0.2, 0.25) is 5.91 Å². The van der Waals surface area contributed by atoms with E-state index in [-0.39, 0.29) is 22.4 Å². The predicted octanol–water partition coefficient (Wildman–Crippen LogP) is 2.87. The minimum absolute atomic E-state index is 0.137. The molecule has 0 aliphatic carbocycles. The molecule has 124 valence electrons. The number of amides is 1. The molecule has 24 heavy (non-hydrogen) atoms. The maximum absolute atomic E-state index is 12.9. The number of rotatable bonds is 3. The van der Waals surface area contributed by atoms with Gasteiger partial charge in [-0.1, -0.05) is 30.3 Å². The molecule has 0 saturated heterocycles. The van der Waals surface area contributed by atoms with E-state index in [0.717, 1.165) is 5.56 Å². The zero-order chi connectivity index (χ0) is 17.3. The Morgan fingerprint density at radius 2 is 1.83 bits per heavy atom. The summed E-state index contributed by atoms with van der Waals surface area (Å²) < 4.78 is 37.2. The molecule has 0 saturated carbocycles. The van der Waals surface area contributed by atoms with Gasteiger partial charge in [-0.2, -0.15) is 0 Å². The second kappa shape index (κ2) is 6.20. The Hall–Kier alpha value is -2.47. The fourth-order valence-corrected chi connectivity index (χ4v) is 4.51. The van der Waals surface area contributed by atoms with Crippen molar-refractivity contribution < 1.29 is 17.6 Å². The molecule has 1 unspecified atom stereocenters. The van der Waals surface area contributed by atoms with Gasteiger partial charge in [0, 0.05) is 6.08 Å². The molecule has 0 radical (unpaired) electrons. The highest BCUT2D eigenvalue weighted by atomic mass is 32.2. The van der Waals surface area contributed by atoms with Crippen LogP contribution in [-0.4, -0.2) is 20.1 Å². The van der Waals surface area contributed by atoms with Crippen molar-refractivity contribution in [3.8, 4) is 0 Å². The van der Waals surface area contributed by atoms with Gasteiger partial charge in [0.05, 0.1) is 16.7 Å².